The number of hydrogen-bond donors (Lipinski definition) is 1. The fourth-order valence-electron chi connectivity index (χ4n) is 3.00. The third-order valence-corrected chi connectivity index (χ3v) is 5.86. The van der Waals surface area contributed by atoms with Crippen molar-refractivity contribution in [3.63, 3.8) is 0 Å². The van der Waals surface area contributed by atoms with Gasteiger partial charge in [0.2, 0.25) is 5.91 Å². The summed E-state index contributed by atoms with van der Waals surface area (Å²) in [6, 6.07) is 13.2. The topological polar surface area (TPSA) is 41.6 Å². The lowest BCUT2D eigenvalue weighted by Gasteiger charge is -2.31. The van der Waals surface area contributed by atoms with Gasteiger partial charge in [-0.25, -0.2) is 0 Å². The molecule has 0 unspecified atom stereocenters. The molecule has 0 aromatic heterocycles. The molecule has 1 aliphatic heterocycles. The highest BCUT2D eigenvalue weighted by Gasteiger charge is 2.32. The fourth-order valence-corrected chi connectivity index (χ4v) is 3.84. The zero-order valence-electron chi connectivity index (χ0n) is 16.0. The van der Waals surface area contributed by atoms with Gasteiger partial charge < -0.3 is 15.0 Å². The Hall–Kier alpha value is -2.19. The van der Waals surface area contributed by atoms with Gasteiger partial charge in [0.05, 0.1) is 35.4 Å². The van der Waals surface area contributed by atoms with E-state index in [2.05, 4.69) is 5.32 Å². The first-order valence-corrected chi connectivity index (χ1v) is 10.4. The number of morpholine rings is 1. The third-order valence-electron chi connectivity index (χ3n) is 4.65. The Balaban J connectivity index is 1.74. The van der Waals surface area contributed by atoms with Gasteiger partial charge >= 0.3 is 6.18 Å². The second-order valence-corrected chi connectivity index (χ2v) is 8.09. The van der Waals surface area contributed by atoms with Crippen LogP contribution in [-0.4, -0.2) is 37.5 Å². The molecule has 1 fully saturated rings. The fraction of sp³-hybridized carbons (Fsp3) is 0.381. The van der Waals surface area contributed by atoms with Crippen LogP contribution < -0.4 is 10.2 Å². The molecule has 1 N–H and O–H groups in total. The van der Waals surface area contributed by atoms with Crippen LogP contribution in [0.5, 0.6) is 0 Å². The molecule has 1 atom stereocenters. The summed E-state index contributed by atoms with van der Waals surface area (Å²) in [6.07, 6.45) is -4.48. The average Bonchev–Trinajstić information content (AvgIpc) is 2.72. The van der Waals surface area contributed by atoms with E-state index in [1.54, 1.807) is 6.92 Å². The lowest BCUT2D eigenvalue weighted by molar-refractivity contribution is -0.137. The first kappa shape index (κ1) is 21.5. The van der Waals surface area contributed by atoms with Crippen molar-refractivity contribution in [3.8, 4) is 0 Å². The molecule has 156 valence electrons. The van der Waals surface area contributed by atoms with Crippen LogP contribution in [0.2, 0.25) is 0 Å². The van der Waals surface area contributed by atoms with Gasteiger partial charge in [0.1, 0.15) is 0 Å². The number of carbonyl (C=O) groups is 1. The molecule has 0 aliphatic carbocycles. The van der Waals surface area contributed by atoms with Gasteiger partial charge in [-0.1, -0.05) is 30.3 Å². The number of amides is 1. The van der Waals surface area contributed by atoms with Crippen LogP contribution >= 0.6 is 11.8 Å². The van der Waals surface area contributed by atoms with Crippen molar-refractivity contribution < 1.29 is 22.7 Å². The monoisotopic (exact) mass is 424 g/mol. The van der Waals surface area contributed by atoms with Gasteiger partial charge in [0.15, 0.2) is 0 Å². The smallest absolute Gasteiger partial charge is 0.378 e. The van der Waals surface area contributed by atoms with E-state index in [-0.39, 0.29) is 11.6 Å². The highest BCUT2D eigenvalue weighted by molar-refractivity contribution is 7.99. The largest absolute Gasteiger partial charge is 0.416 e. The van der Waals surface area contributed by atoms with Gasteiger partial charge in [0, 0.05) is 18.8 Å². The minimum absolute atomic E-state index is 0.180. The number of carbonyl (C=O) groups excluding carboxylic acids is 1. The second kappa shape index (κ2) is 9.54. The summed E-state index contributed by atoms with van der Waals surface area (Å²) in [5.74, 6) is 0.327. The Morgan fingerprint density at radius 1 is 1.17 bits per heavy atom. The van der Waals surface area contributed by atoms with Crippen molar-refractivity contribution in [1.29, 1.82) is 0 Å². The van der Waals surface area contributed by atoms with Gasteiger partial charge in [0.25, 0.3) is 0 Å². The van der Waals surface area contributed by atoms with Crippen molar-refractivity contribution in [2.45, 2.75) is 24.1 Å². The first-order valence-electron chi connectivity index (χ1n) is 9.35. The van der Waals surface area contributed by atoms with Crippen molar-refractivity contribution in [3.05, 3.63) is 59.7 Å². The lowest BCUT2D eigenvalue weighted by Crippen LogP contribution is -2.37. The minimum atomic E-state index is -4.48. The lowest BCUT2D eigenvalue weighted by atomic mass is 10.1. The maximum Gasteiger partial charge on any atom is 0.416 e. The van der Waals surface area contributed by atoms with Gasteiger partial charge in [-0.15, -0.1) is 11.8 Å². The molecule has 1 saturated heterocycles. The minimum Gasteiger partial charge on any atom is -0.378 e. The standard InChI is InChI=1S/C21H23F3N2O2S/c1-15(29-14-16-5-3-2-4-6-16)20(27)25-18-13-17(21(22,23)24)7-8-19(18)26-9-11-28-12-10-26/h2-8,13,15H,9-12,14H2,1H3,(H,25,27)/t15-/m0/s1. The van der Waals surface area contributed by atoms with E-state index in [0.717, 1.165) is 17.7 Å². The van der Waals surface area contributed by atoms with Crippen LogP contribution in [0.15, 0.2) is 48.5 Å². The van der Waals surface area contributed by atoms with E-state index >= 15 is 0 Å². The summed E-state index contributed by atoms with van der Waals surface area (Å²) in [5, 5.41) is 2.30. The molecule has 0 bridgehead atoms. The van der Waals surface area contributed by atoms with E-state index in [4.69, 9.17) is 4.74 Å². The number of nitrogens with zero attached hydrogens (tertiary/aromatic N) is 1. The summed E-state index contributed by atoms with van der Waals surface area (Å²) >= 11 is 1.44. The number of alkyl halides is 3. The summed E-state index contributed by atoms with van der Waals surface area (Å²) < 4.78 is 44.9. The van der Waals surface area contributed by atoms with Crippen molar-refractivity contribution >= 4 is 29.0 Å². The van der Waals surface area contributed by atoms with Crippen molar-refractivity contribution in [2.24, 2.45) is 0 Å². The van der Waals surface area contributed by atoms with E-state index in [0.29, 0.717) is 37.7 Å². The van der Waals surface area contributed by atoms with Gasteiger partial charge in [-0.3, -0.25) is 4.79 Å². The van der Waals surface area contributed by atoms with Crippen LogP contribution in [0.1, 0.15) is 18.1 Å². The average molecular weight is 424 g/mol. The van der Waals surface area contributed by atoms with Crippen molar-refractivity contribution in [1.82, 2.24) is 0 Å². The summed E-state index contributed by atoms with van der Waals surface area (Å²) in [7, 11) is 0. The molecule has 1 amide bonds. The number of benzene rings is 2. The molecule has 29 heavy (non-hydrogen) atoms. The van der Waals surface area contributed by atoms with Gasteiger partial charge in [-0.05, 0) is 30.7 Å². The van der Waals surface area contributed by atoms with Crippen LogP contribution in [-0.2, 0) is 21.5 Å². The SMILES string of the molecule is C[C@H](SCc1ccccc1)C(=O)Nc1cc(C(F)(F)F)ccc1N1CCOCC1. The first-order chi connectivity index (χ1) is 13.8. The predicted octanol–water partition coefficient (Wildman–Crippen LogP) is 4.80. The normalized spacial score (nSPS) is 15.8. The third kappa shape index (κ3) is 5.90. The summed E-state index contributed by atoms with van der Waals surface area (Å²) in [4.78, 5) is 14.6. The molecule has 0 saturated carbocycles. The Labute approximate surface area is 172 Å². The van der Waals surface area contributed by atoms with Crippen LogP contribution in [0.4, 0.5) is 24.5 Å². The Morgan fingerprint density at radius 3 is 2.52 bits per heavy atom. The van der Waals surface area contributed by atoms with Crippen molar-refractivity contribution in [2.75, 3.05) is 36.5 Å². The molecule has 0 spiro atoms. The number of hydrogen-bond acceptors (Lipinski definition) is 4. The molecule has 4 nitrogen and oxygen atoms in total. The maximum atomic E-state index is 13.2. The second-order valence-electron chi connectivity index (χ2n) is 6.76. The van der Waals surface area contributed by atoms with E-state index in [1.165, 1.54) is 17.8 Å². The highest BCUT2D eigenvalue weighted by Crippen LogP contribution is 2.36. The number of anilines is 2. The van der Waals surface area contributed by atoms with Crippen LogP contribution in [0, 0.1) is 0 Å². The van der Waals surface area contributed by atoms with Crippen LogP contribution in [0.25, 0.3) is 0 Å². The van der Waals surface area contributed by atoms with E-state index < -0.39 is 17.0 Å². The highest BCUT2D eigenvalue weighted by atomic mass is 32.2. The molecule has 2 aromatic carbocycles. The maximum absolute atomic E-state index is 13.2. The molecule has 1 heterocycles. The molecule has 3 rings (SSSR count). The molecule has 8 heteroatoms. The predicted molar refractivity (Wildman–Crippen MR) is 110 cm³/mol. The molecule has 0 radical (unpaired) electrons. The van der Waals surface area contributed by atoms with E-state index in [1.807, 2.05) is 35.2 Å². The molecule has 1 aliphatic rings. The summed E-state index contributed by atoms with van der Waals surface area (Å²) in [5.41, 5.74) is 1.06. The zero-order chi connectivity index (χ0) is 20.9. The number of ether oxygens (including phenoxy) is 1. The Bertz CT molecular complexity index is 824. The zero-order valence-corrected chi connectivity index (χ0v) is 16.9. The molecular weight excluding hydrogens is 401 g/mol. The molecular formula is C21H23F3N2O2S. The Morgan fingerprint density at radius 2 is 1.86 bits per heavy atom. The number of nitrogens with one attached hydrogen (secondary N) is 1. The number of halogens is 3. The quantitative estimate of drug-likeness (QED) is 0.723. The number of rotatable bonds is 6. The number of thioether (sulfide) groups is 1. The van der Waals surface area contributed by atoms with Crippen LogP contribution in [0.3, 0.4) is 0 Å². The Kier molecular flexibility index (Phi) is 7.08. The van der Waals surface area contributed by atoms with Gasteiger partial charge in [-0.2, -0.15) is 13.2 Å². The molecule has 2 aromatic rings. The van der Waals surface area contributed by atoms with E-state index in [9.17, 15) is 18.0 Å². The summed E-state index contributed by atoms with van der Waals surface area (Å²) in [6.45, 7) is 3.87.